The lowest BCUT2D eigenvalue weighted by atomic mass is 9.68. The maximum atomic E-state index is 14.4. The molecule has 35 heavy (non-hydrogen) atoms. The van der Waals surface area contributed by atoms with Crippen LogP contribution in [-0.2, 0) is 26.2 Å². The molecule has 1 N–H and O–H groups in total. The van der Waals surface area contributed by atoms with Gasteiger partial charge in [0.15, 0.2) is 0 Å². The molecule has 1 atom stereocenters. The molecule has 0 aliphatic rings. The number of hydrogen-bond donors (Lipinski definition) is 1. The Balaban J connectivity index is 1.84. The van der Waals surface area contributed by atoms with Gasteiger partial charge >= 0.3 is 5.97 Å². The van der Waals surface area contributed by atoms with Crippen molar-refractivity contribution >= 4 is 23.5 Å². The topological polar surface area (TPSA) is 55.4 Å². The van der Waals surface area contributed by atoms with Crippen LogP contribution in [0.25, 0.3) is 0 Å². The smallest absolute Gasteiger partial charge is 0.328 e. The van der Waals surface area contributed by atoms with Crippen molar-refractivity contribution in [1.82, 2.24) is 5.32 Å². The van der Waals surface area contributed by atoms with E-state index < -0.39 is 17.4 Å². The number of halogens is 1. The van der Waals surface area contributed by atoms with Crippen LogP contribution in [-0.4, -0.2) is 25.0 Å². The van der Waals surface area contributed by atoms with Crippen LogP contribution < -0.4 is 5.32 Å². The Bertz CT molecular complexity index is 1160. The fourth-order valence-corrected chi connectivity index (χ4v) is 4.54. The molecule has 4 nitrogen and oxygen atoms in total. The summed E-state index contributed by atoms with van der Waals surface area (Å²) >= 11 is 6.02. The predicted octanol–water partition coefficient (Wildman–Crippen LogP) is 5.57. The van der Waals surface area contributed by atoms with Crippen LogP contribution >= 0.6 is 11.6 Å². The van der Waals surface area contributed by atoms with Crippen LogP contribution in [0.1, 0.15) is 22.3 Å². The van der Waals surface area contributed by atoms with Gasteiger partial charge < -0.3 is 10.1 Å². The van der Waals surface area contributed by atoms with Gasteiger partial charge in [-0.1, -0.05) is 115 Å². The van der Waals surface area contributed by atoms with Crippen LogP contribution in [0.3, 0.4) is 0 Å². The minimum Gasteiger partial charge on any atom is -0.467 e. The van der Waals surface area contributed by atoms with Crippen molar-refractivity contribution in [3.05, 3.63) is 143 Å². The van der Waals surface area contributed by atoms with Crippen LogP contribution in [0.4, 0.5) is 0 Å². The van der Waals surface area contributed by atoms with Crippen LogP contribution in [0.15, 0.2) is 115 Å². The van der Waals surface area contributed by atoms with E-state index in [1.165, 1.54) is 7.11 Å². The van der Waals surface area contributed by atoms with Crippen LogP contribution in [0, 0.1) is 0 Å². The molecule has 0 bridgehead atoms. The first-order valence-electron chi connectivity index (χ1n) is 11.4. The molecule has 176 valence electrons. The zero-order valence-electron chi connectivity index (χ0n) is 19.4. The first-order chi connectivity index (χ1) is 17.1. The fraction of sp³-hybridized carbons (Fsp3) is 0.133. The molecule has 4 aromatic carbocycles. The molecule has 0 aliphatic carbocycles. The average molecular weight is 484 g/mol. The van der Waals surface area contributed by atoms with E-state index in [1.807, 2.05) is 103 Å². The highest BCUT2D eigenvalue weighted by Crippen LogP contribution is 2.39. The van der Waals surface area contributed by atoms with Gasteiger partial charge in [-0.05, 0) is 34.4 Å². The molecular weight excluding hydrogens is 458 g/mol. The van der Waals surface area contributed by atoms with Crippen molar-refractivity contribution < 1.29 is 14.3 Å². The first kappa shape index (κ1) is 24.2. The quantitative estimate of drug-likeness (QED) is 0.263. The normalized spacial score (nSPS) is 11.9. The molecule has 4 rings (SSSR count). The number of benzene rings is 4. The molecule has 1 amide bonds. The third-order valence-corrected chi connectivity index (χ3v) is 6.36. The second-order valence-electron chi connectivity index (χ2n) is 8.23. The van der Waals surface area contributed by atoms with E-state index in [-0.39, 0.29) is 12.3 Å². The maximum Gasteiger partial charge on any atom is 0.328 e. The molecule has 0 saturated heterocycles. The number of hydrogen-bond acceptors (Lipinski definition) is 3. The molecular formula is C30H26ClNO3. The van der Waals surface area contributed by atoms with E-state index in [2.05, 4.69) is 5.32 Å². The molecule has 0 radical (unpaired) electrons. The lowest BCUT2D eigenvalue weighted by Gasteiger charge is -2.35. The number of nitrogens with one attached hydrogen (secondary N) is 1. The maximum absolute atomic E-state index is 14.4. The summed E-state index contributed by atoms with van der Waals surface area (Å²) in [6.07, 6.45) is 0.268. The van der Waals surface area contributed by atoms with E-state index in [1.54, 1.807) is 12.1 Å². The number of esters is 1. The van der Waals surface area contributed by atoms with Gasteiger partial charge in [0.25, 0.3) is 0 Å². The third-order valence-electron chi connectivity index (χ3n) is 6.11. The lowest BCUT2D eigenvalue weighted by Crippen LogP contribution is -2.52. The van der Waals surface area contributed by atoms with Gasteiger partial charge in [-0.2, -0.15) is 0 Å². The van der Waals surface area contributed by atoms with Crippen molar-refractivity contribution in [2.75, 3.05) is 7.11 Å². The summed E-state index contributed by atoms with van der Waals surface area (Å²) in [5.41, 5.74) is 2.06. The zero-order chi connectivity index (χ0) is 24.7. The van der Waals surface area contributed by atoms with Crippen molar-refractivity contribution in [2.45, 2.75) is 17.9 Å². The molecule has 0 fully saturated rings. The second-order valence-corrected chi connectivity index (χ2v) is 8.66. The highest BCUT2D eigenvalue weighted by atomic mass is 35.5. The van der Waals surface area contributed by atoms with Gasteiger partial charge in [-0.15, -0.1) is 0 Å². The largest absolute Gasteiger partial charge is 0.467 e. The summed E-state index contributed by atoms with van der Waals surface area (Å²) in [7, 11) is 1.32. The number of carbonyl (C=O) groups is 2. The molecule has 0 heterocycles. The highest BCUT2D eigenvalue weighted by molar-refractivity contribution is 6.30. The minimum atomic E-state index is -1.18. The van der Waals surface area contributed by atoms with Gasteiger partial charge in [0.05, 0.1) is 7.11 Å². The van der Waals surface area contributed by atoms with Crippen LogP contribution in [0.2, 0.25) is 5.02 Å². The zero-order valence-corrected chi connectivity index (χ0v) is 20.1. The number of amides is 1. The number of ether oxygens (including phenoxy) is 1. The van der Waals surface area contributed by atoms with E-state index in [0.717, 1.165) is 22.3 Å². The van der Waals surface area contributed by atoms with Gasteiger partial charge in [-0.25, -0.2) is 4.79 Å². The van der Waals surface area contributed by atoms with E-state index >= 15 is 0 Å². The standard InChI is InChI=1S/C30H26ClNO3/c1-35-28(33)27(21-22-17-19-26(31)20-18-22)32-29(34)30(23-11-5-2-6-12-23,24-13-7-3-8-14-24)25-15-9-4-10-16-25/h2-20,27H,21H2,1H3,(H,32,34)/t27-/m1/s1. The van der Waals surface area contributed by atoms with E-state index in [4.69, 9.17) is 16.3 Å². The first-order valence-corrected chi connectivity index (χ1v) is 11.7. The Morgan fingerprint density at radius 2 is 1.17 bits per heavy atom. The summed E-state index contributed by atoms with van der Waals surface area (Å²) in [6.45, 7) is 0. The number of methoxy groups -OCH3 is 1. The van der Waals surface area contributed by atoms with Gasteiger partial charge in [-0.3, -0.25) is 4.79 Å². The summed E-state index contributed by atoms with van der Waals surface area (Å²) in [5, 5.41) is 3.62. The van der Waals surface area contributed by atoms with Crippen molar-refractivity contribution in [1.29, 1.82) is 0 Å². The Labute approximate surface area is 210 Å². The van der Waals surface area contributed by atoms with Gasteiger partial charge in [0, 0.05) is 11.4 Å². The molecule has 5 heteroatoms. The minimum absolute atomic E-state index is 0.268. The Morgan fingerprint density at radius 1 is 0.743 bits per heavy atom. The lowest BCUT2D eigenvalue weighted by molar-refractivity contribution is -0.145. The molecule has 0 aliphatic heterocycles. The summed E-state index contributed by atoms with van der Waals surface area (Å²) < 4.78 is 5.06. The summed E-state index contributed by atoms with van der Waals surface area (Å²) in [5.74, 6) is -0.832. The summed E-state index contributed by atoms with van der Waals surface area (Å²) in [4.78, 5) is 27.2. The molecule has 4 aromatic rings. The van der Waals surface area contributed by atoms with E-state index in [0.29, 0.717) is 5.02 Å². The third kappa shape index (κ3) is 5.13. The molecule has 0 saturated carbocycles. The second kappa shape index (κ2) is 11.0. The number of rotatable bonds is 8. The highest BCUT2D eigenvalue weighted by Gasteiger charge is 2.45. The van der Waals surface area contributed by atoms with Gasteiger partial charge in [0.2, 0.25) is 5.91 Å². The molecule has 0 spiro atoms. The Morgan fingerprint density at radius 3 is 1.57 bits per heavy atom. The Hall–Kier alpha value is -3.89. The predicted molar refractivity (Wildman–Crippen MR) is 138 cm³/mol. The molecule has 0 aromatic heterocycles. The van der Waals surface area contributed by atoms with Crippen molar-refractivity contribution in [3.8, 4) is 0 Å². The monoisotopic (exact) mass is 483 g/mol. The van der Waals surface area contributed by atoms with Crippen molar-refractivity contribution in [2.24, 2.45) is 0 Å². The van der Waals surface area contributed by atoms with Crippen molar-refractivity contribution in [3.63, 3.8) is 0 Å². The average Bonchev–Trinajstić information content (AvgIpc) is 2.91. The number of carbonyl (C=O) groups excluding carboxylic acids is 2. The SMILES string of the molecule is COC(=O)[C@@H](Cc1ccc(Cl)cc1)NC(=O)C(c1ccccc1)(c1ccccc1)c1ccccc1. The molecule has 0 unspecified atom stereocenters. The fourth-order valence-electron chi connectivity index (χ4n) is 4.42. The van der Waals surface area contributed by atoms with Crippen LogP contribution in [0.5, 0.6) is 0 Å². The summed E-state index contributed by atoms with van der Waals surface area (Å²) in [6, 6.07) is 35.1. The van der Waals surface area contributed by atoms with E-state index in [9.17, 15) is 9.59 Å². The van der Waals surface area contributed by atoms with Gasteiger partial charge in [0.1, 0.15) is 11.5 Å². The Kier molecular flexibility index (Phi) is 7.64.